The number of anilines is 2. The van der Waals surface area contributed by atoms with E-state index in [4.69, 9.17) is 32.9 Å². The molecule has 0 spiro atoms. The predicted molar refractivity (Wildman–Crippen MR) is 117 cm³/mol. The van der Waals surface area contributed by atoms with Gasteiger partial charge in [-0.15, -0.1) is 0 Å². The summed E-state index contributed by atoms with van der Waals surface area (Å²) in [6.45, 7) is 4.04. The average Bonchev–Trinajstić information content (AvgIpc) is 3.14. The average molecular weight is 447 g/mol. The first-order valence-corrected chi connectivity index (χ1v) is 10.2. The van der Waals surface area contributed by atoms with E-state index in [0.717, 1.165) is 5.69 Å². The molecular formula is C21H20Cl2N4O3. The molecule has 0 unspecified atom stereocenters. The van der Waals surface area contributed by atoms with E-state index in [1.165, 1.54) is 0 Å². The summed E-state index contributed by atoms with van der Waals surface area (Å²) in [7, 11) is 0. The third-order valence-electron chi connectivity index (χ3n) is 5.19. The fraction of sp³-hybridized carbons (Fsp3) is 0.238. The van der Waals surface area contributed by atoms with E-state index in [1.54, 1.807) is 30.0 Å². The maximum Gasteiger partial charge on any atom is 0.259 e. The summed E-state index contributed by atoms with van der Waals surface area (Å²) in [4.78, 5) is 17.2. The summed E-state index contributed by atoms with van der Waals surface area (Å²) in [6, 6.07) is 12.5. The maximum absolute atomic E-state index is 13.3. The van der Waals surface area contributed by atoms with Crippen LogP contribution in [0.2, 0.25) is 10.0 Å². The van der Waals surface area contributed by atoms with Gasteiger partial charge >= 0.3 is 0 Å². The number of hydrogen-bond acceptors (Lipinski definition) is 6. The van der Waals surface area contributed by atoms with Crippen molar-refractivity contribution in [1.82, 2.24) is 10.1 Å². The van der Waals surface area contributed by atoms with Gasteiger partial charge in [0, 0.05) is 31.7 Å². The molecule has 0 atom stereocenters. The molecule has 0 aliphatic carbocycles. The fourth-order valence-electron chi connectivity index (χ4n) is 3.60. The number of aryl methyl sites for hydroxylation is 1. The molecule has 0 radical (unpaired) electrons. The molecule has 1 fully saturated rings. The summed E-state index contributed by atoms with van der Waals surface area (Å²) < 4.78 is 5.33. The topological polar surface area (TPSA) is 81.8 Å². The van der Waals surface area contributed by atoms with Crippen molar-refractivity contribution in [2.45, 2.75) is 6.92 Å². The van der Waals surface area contributed by atoms with E-state index < -0.39 is 0 Å². The SMILES string of the molecule is Cc1onc(-c2ccccc2Cl)c1C(=O)N1CCN(c2ccc(NO)cc2Cl)CC1. The lowest BCUT2D eigenvalue weighted by molar-refractivity contribution is 0.0745. The molecule has 7 nitrogen and oxygen atoms in total. The molecule has 0 saturated carbocycles. The number of piperazine rings is 1. The molecule has 1 aliphatic rings. The number of halogens is 2. The molecule has 1 aromatic heterocycles. The summed E-state index contributed by atoms with van der Waals surface area (Å²) >= 11 is 12.6. The van der Waals surface area contributed by atoms with E-state index in [0.29, 0.717) is 64.5 Å². The lowest BCUT2D eigenvalue weighted by Gasteiger charge is -2.36. The van der Waals surface area contributed by atoms with Crippen LogP contribution in [0.15, 0.2) is 47.0 Å². The van der Waals surface area contributed by atoms with Gasteiger partial charge in [-0.25, -0.2) is 0 Å². The van der Waals surface area contributed by atoms with Crippen LogP contribution < -0.4 is 10.4 Å². The second-order valence-corrected chi connectivity index (χ2v) is 7.81. The molecule has 2 N–H and O–H groups in total. The maximum atomic E-state index is 13.3. The van der Waals surface area contributed by atoms with Crippen LogP contribution in [0.25, 0.3) is 11.3 Å². The first kappa shape index (κ1) is 20.5. The van der Waals surface area contributed by atoms with Gasteiger partial charge in [-0.3, -0.25) is 15.5 Å². The molecule has 2 aromatic carbocycles. The minimum absolute atomic E-state index is 0.130. The smallest absolute Gasteiger partial charge is 0.259 e. The van der Waals surface area contributed by atoms with E-state index in [2.05, 4.69) is 15.5 Å². The van der Waals surface area contributed by atoms with Crippen molar-refractivity contribution in [1.29, 1.82) is 0 Å². The Morgan fingerprint density at radius 2 is 1.83 bits per heavy atom. The molecule has 156 valence electrons. The molecule has 9 heteroatoms. The van der Waals surface area contributed by atoms with Gasteiger partial charge in [0.15, 0.2) is 0 Å². The molecule has 30 heavy (non-hydrogen) atoms. The van der Waals surface area contributed by atoms with Crippen LogP contribution in [-0.2, 0) is 0 Å². The number of benzene rings is 2. The van der Waals surface area contributed by atoms with Crippen molar-refractivity contribution >= 4 is 40.5 Å². The van der Waals surface area contributed by atoms with Gasteiger partial charge in [-0.1, -0.05) is 46.6 Å². The first-order valence-electron chi connectivity index (χ1n) is 9.44. The minimum Gasteiger partial charge on any atom is -0.367 e. The quantitative estimate of drug-likeness (QED) is 0.564. The molecule has 4 rings (SSSR count). The summed E-state index contributed by atoms with van der Waals surface area (Å²) in [5.41, 5.74) is 5.03. The van der Waals surface area contributed by atoms with Gasteiger partial charge < -0.3 is 14.3 Å². The minimum atomic E-state index is -0.130. The normalized spacial score (nSPS) is 14.1. The molecule has 1 saturated heterocycles. The van der Waals surface area contributed by atoms with Crippen LogP contribution in [0, 0.1) is 6.92 Å². The summed E-state index contributed by atoms with van der Waals surface area (Å²) in [5, 5.41) is 14.1. The lowest BCUT2D eigenvalue weighted by Crippen LogP contribution is -2.49. The number of amides is 1. The van der Waals surface area contributed by atoms with Crippen molar-refractivity contribution in [3.8, 4) is 11.3 Å². The molecule has 1 amide bonds. The van der Waals surface area contributed by atoms with E-state index in [1.807, 2.05) is 24.3 Å². The Hall–Kier alpha value is -2.74. The van der Waals surface area contributed by atoms with Crippen LogP contribution >= 0.6 is 23.2 Å². The highest BCUT2D eigenvalue weighted by Gasteiger charge is 2.29. The van der Waals surface area contributed by atoms with Crippen LogP contribution in [0.5, 0.6) is 0 Å². The predicted octanol–water partition coefficient (Wildman–Crippen LogP) is 4.72. The van der Waals surface area contributed by atoms with Gasteiger partial charge in [0.2, 0.25) is 0 Å². The van der Waals surface area contributed by atoms with Crippen LogP contribution in [0.4, 0.5) is 11.4 Å². The zero-order chi connectivity index (χ0) is 21.3. The van der Waals surface area contributed by atoms with Gasteiger partial charge in [-0.05, 0) is 31.2 Å². The molecule has 3 aromatic rings. The van der Waals surface area contributed by atoms with E-state index in [9.17, 15) is 4.79 Å². The van der Waals surface area contributed by atoms with Crippen molar-refractivity contribution in [2.75, 3.05) is 36.6 Å². The lowest BCUT2D eigenvalue weighted by atomic mass is 10.0. The number of nitrogens with zero attached hydrogens (tertiary/aromatic N) is 3. The molecular weight excluding hydrogens is 427 g/mol. The molecule has 2 heterocycles. The van der Waals surface area contributed by atoms with Crippen LogP contribution in [0.1, 0.15) is 16.1 Å². The van der Waals surface area contributed by atoms with Crippen molar-refractivity contribution in [2.24, 2.45) is 0 Å². The third kappa shape index (κ3) is 3.84. The van der Waals surface area contributed by atoms with Gasteiger partial charge in [-0.2, -0.15) is 0 Å². The zero-order valence-corrected chi connectivity index (χ0v) is 17.7. The van der Waals surface area contributed by atoms with Gasteiger partial charge in [0.1, 0.15) is 17.0 Å². The highest BCUT2D eigenvalue weighted by Crippen LogP contribution is 2.33. The Bertz CT molecular complexity index is 1080. The first-order chi connectivity index (χ1) is 14.5. The second-order valence-electron chi connectivity index (χ2n) is 7.00. The monoisotopic (exact) mass is 446 g/mol. The Balaban J connectivity index is 1.52. The Kier molecular flexibility index (Phi) is 5.85. The largest absolute Gasteiger partial charge is 0.367 e. The van der Waals surface area contributed by atoms with E-state index in [-0.39, 0.29) is 5.91 Å². The fourth-order valence-corrected chi connectivity index (χ4v) is 4.13. The van der Waals surface area contributed by atoms with Crippen molar-refractivity contribution < 1.29 is 14.5 Å². The standard InChI is InChI=1S/C21H20Cl2N4O3/c1-13-19(20(25-30-13)15-4-2-3-5-16(15)22)21(28)27-10-8-26(9-11-27)18-7-6-14(24-29)12-17(18)23/h2-7,12,24,29H,8-11H2,1H3. The number of hydrogen-bond donors (Lipinski definition) is 2. The zero-order valence-electron chi connectivity index (χ0n) is 16.2. The number of aromatic nitrogens is 1. The Labute approximate surface area is 183 Å². The number of carbonyl (C=O) groups excluding carboxylic acids is 1. The highest BCUT2D eigenvalue weighted by molar-refractivity contribution is 6.34. The van der Waals surface area contributed by atoms with Crippen molar-refractivity contribution in [3.63, 3.8) is 0 Å². The molecule has 1 aliphatic heterocycles. The van der Waals surface area contributed by atoms with E-state index >= 15 is 0 Å². The summed E-state index contributed by atoms with van der Waals surface area (Å²) in [5.74, 6) is 0.335. The Morgan fingerprint density at radius 3 is 2.50 bits per heavy atom. The number of nitrogens with one attached hydrogen (secondary N) is 1. The molecule has 0 bridgehead atoms. The number of carbonyl (C=O) groups is 1. The summed E-state index contributed by atoms with van der Waals surface area (Å²) in [6.07, 6.45) is 0. The van der Waals surface area contributed by atoms with Crippen molar-refractivity contribution in [3.05, 3.63) is 63.8 Å². The highest BCUT2D eigenvalue weighted by atomic mass is 35.5. The third-order valence-corrected chi connectivity index (χ3v) is 5.82. The van der Waals surface area contributed by atoms with Crippen LogP contribution in [-0.4, -0.2) is 47.4 Å². The second kappa shape index (κ2) is 8.55. The Morgan fingerprint density at radius 1 is 1.10 bits per heavy atom. The van der Waals surface area contributed by atoms with Gasteiger partial charge in [0.05, 0.1) is 21.4 Å². The van der Waals surface area contributed by atoms with Crippen LogP contribution in [0.3, 0.4) is 0 Å². The number of rotatable bonds is 4. The van der Waals surface area contributed by atoms with Gasteiger partial charge in [0.25, 0.3) is 5.91 Å².